The van der Waals surface area contributed by atoms with Gasteiger partial charge in [0.15, 0.2) is 5.16 Å². The van der Waals surface area contributed by atoms with Crippen molar-refractivity contribution in [1.29, 1.82) is 0 Å². The van der Waals surface area contributed by atoms with Crippen molar-refractivity contribution in [3.05, 3.63) is 18.5 Å². The highest BCUT2D eigenvalue weighted by Gasteiger charge is 2.06. The molecule has 4 nitrogen and oxygen atoms in total. The van der Waals surface area contributed by atoms with Crippen LogP contribution in [0.1, 0.15) is 12.2 Å². The fourth-order valence-electron chi connectivity index (χ4n) is 1.04. The smallest absolute Gasteiger partial charge is 0.191 e. The summed E-state index contributed by atoms with van der Waals surface area (Å²) in [5.41, 5.74) is 0. The molecule has 0 saturated carbocycles. The van der Waals surface area contributed by atoms with Crippen LogP contribution in [0.15, 0.2) is 17.8 Å². The monoisotopic (exact) mass is 213 g/mol. The second-order valence-corrected chi connectivity index (χ2v) is 3.92. The summed E-state index contributed by atoms with van der Waals surface area (Å²) in [5, 5.41) is 17.6. The van der Waals surface area contributed by atoms with Crippen LogP contribution in [0.2, 0.25) is 0 Å². The Balaban J connectivity index is 2.60. The predicted molar refractivity (Wildman–Crippen MR) is 57.4 cm³/mol. The average molecular weight is 213 g/mol. The third-order valence-corrected chi connectivity index (χ3v) is 2.80. The molecule has 0 aliphatic rings. The van der Waals surface area contributed by atoms with Crippen LogP contribution >= 0.6 is 11.8 Å². The van der Waals surface area contributed by atoms with Crippen molar-refractivity contribution in [2.24, 2.45) is 0 Å². The molecule has 0 amide bonds. The molecule has 0 bridgehead atoms. The third-order valence-electron chi connectivity index (χ3n) is 1.75. The minimum absolute atomic E-state index is 0.224. The highest BCUT2D eigenvalue weighted by molar-refractivity contribution is 7.99. The van der Waals surface area contributed by atoms with Gasteiger partial charge in [-0.2, -0.15) is 0 Å². The quantitative estimate of drug-likeness (QED) is 0.439. The summed E-state index contributed by atoms with van der Waals surface area (Å²) in [5.74, 6) is 1.77. The highest BCUT2D eigenvalue weighted by Crippen LogP contribution is 2.17. The van der Waals surface area contributed by atoms with E-state index < -0.39 is 0 Å². The zero-order valence-corrected chi connectivity index (χ0v) is 9.13. The lowest BCUT2D eigenvalue weighted by atomic mass is 10.5. The van der Waals surface area contributed by atoms with Gasteiger partial charge in [-0.1, -0.05) is 17.8 Å². The molecule has 1 heterocycles. The lowest BCUT2D eigenvalue weighted by Crippen LogP contribution is -2.00. The van der Waals surface area contributed by atoms with E-state index >= 15 is 0 Å². The van der Waals surface area contributed by atoms with Crippen molar-refractivity contribution >= 4 is 11.8 Å². The highest BCUT2D eigenvalue weighted by atomic mass is 32.2. The number of aliphatic hydroxyl groups excluding tert-OH is 1. The first-order valence-corrected chi connectivity index (χ1v) is 5.52. The van der Waals surface area contributed by atoms with Crippen LogP contribution in [0.25, 0.3) is 0 Å². The Morgan fingerprint density at radius 1 is 1.57 bits per heavy atom. The van der Waals surface area contributed by atoms with Crippen LogP contribution in [0.3, 0.4) is 0 Å². The first-order valence-electron chi connectivity index (χ1n) is 4.54. The topological polar surface area (TPSA) is 50.9 Å². The van der Waals surface area contributed by atoms with E-state index in [9.17, 15) is 0 Å². The lowest BCUT2D eigenvalue weighted by molar-refractivity contribution is 0.296. The number of allylic oxidation sites excluding steroid dienone is 1. The van der Waals surface area contributed by atoms with Crippen molar-refractivity contribution in [2.75, 3.05) is 12.4 Å². The Morgan fingerprint density at radius 3 is 3.00 bits per heavy atom. The number of aromatic nitrogens is 3. The largest absolute Gasteiger partial charge is 0.396 e. The number of aliphatic hydroxyl groups is 1. The Hall–Kier alpha value is -0.810. The van der Waals surface area contributed by atoms with Crippen molar-refractivity contribution < 1.29 is 5.11 Å². The summed E-state index contributed by atoms with van der Waals surface area (Å²) >= 11 is 1.61. The molecule has 0 aliphatic carbocycles. The van der Waals surface area contributed by atoms with E-state index in [0.29, 0.717) is 0 Å². The third kappa shape index (κ3) is 2.85. The van der Waals surface area contributed by atoms with Crippen LogP contribution in [0.5, 0.6) is 0 Å². The van der Waals surface area contributed by atoms with E-state index in [-0.39, 0.29) is 6.61 Å². The summed E-state index contributed by atoms with van der Waals surface area (Å²) in [6.07, 6.45) is 2.61. The first-order chi connectivity index (χ1) is 6.79. The minimum atomic E-state index is 0.224. The molecule has 0 aliphatic heterocycles. The molecular weight excluding hydrogens is 198 g/mol. The Kier molecular flexibility index (Phi) is 4.69. The van der Waals surface area contributed by atoms with Gasteiger partial charge in [0, 0.05) is 18.9 Å². The van der Waals surface area contributed by atoms with Gasteiger partial charge in [0.05, 0.1) is 0 Å². The van der Waals surface area contributed by atoms with Crippen LogP contribution in [-0.4, -0.2) is 32.2 Å². The SMILES string of the molecule is C=CCn1c(C)nnc1SCCCO. The summed E-state index contributed by atoms with van der Waals surface area (Å²) in [4.78, 5) is 0. The summed E-state index contributed by atoms with van der Waals surface area (Å²) in [6.45, 7) is 6.57. The zero-order valence-electron chi connectivity index (χ0n) is 8.31. The average Bonchev–Trinajstić information content (AvgIpc) is 2.51. The molecule has 0 saturated heterocycles. The lowest BCUT2D eigenvalue weighted by Gasteiger charge is -2.03. The fraction of sp³-hybridized carbons (Fsp3) is 0.556. The minimum Gasteiger partial charge on any atom is -0.396 e. The second-order valence-electron chi connectivity index (χ2n) is 2.85. The van der Waals surface area contributed by atoms with Gasteiger partial charge in [0.1, 0.15) is 5.82 Å². The Morgan fingerprint density at radius 2 is 2.36 bits per heavy atom. The van der Waals surface area contributed by atoms with Crippen LogP contribution in [-0.2, 0) is 6.54 Å². The molecular formula is C9H15N3OS. The maximum absolute atomic E-state index is 8.65. The molecule has 78 valence electrons. The standard InChI is InChI=1S/C9H15N3OS/c1-3-5-12-8(2)10-11-9(12)14-7-4-6-13/h3,13H,1,4-7H2,2H3. The normalized spacial score (nSPS) is 10.4. The van der Waals surface area contributed by atoms with E-state index in [2.05, 4.69) is 16.8 Å². The first kappa shape index (κ1) is 11.3. The van der Waals surface area contributed by atoms with Gasteiger partial charge >= 0.3 is 0 Å². The van der Waals surface area contributed by atoms with Gasteiger partial charge in [-0.25, -0.2) is 0 Å². The fourth-order valence-corrected chi connectivity index (χ4v) is 1.95. The molecule has 0 radical (unpaired) electrons. The summed E-state index contributed by atoms with van der Waals surface area (Å²) < 4.78 is 2.01. The number of hydrogen-bond acceptors (Lipinski definition) is 4. The van der Waals surface area contributed by atoms with Crippen LogP contribution in [0, 0.1) is 6.92 Å². The molecule has 0 aromatic carbocycles. The van der Waals surface area contributed by atoms with Gasteiger partial charge in [-0.05, 0) is 13.3 Å². The van der Waals surface area contributed by atoms with Gasteiger partial charge in [-0.3, -0.25) is 0 Å². The van der Waals surface area contributed by atoms with E-state index in [1.165, 1.54) is 0 Å². The van der Waals surface area contributed by atoms with Crippen molar-refractivity contribution in [3.8, 4) is 0 Å². The molecule has 1 aromatic rings. The van der Waals surface area contributed by atoms with E-state index in [4.69, 9.17) is 5.11 Å². The van der Waals surface area contributed by atoms with Crippen LogP contribution < -0.4 is 0 Å². The molecule has 1 aromatic heterocycles. The second kappa shape index (κ2) is 5.82. The summed E-state index contributed by atoms with van der Waals surface area (Å²) in [7, 11) is 0. The van der Waals surface area contributed by atoms with Crippen molar-refractivity contribution in [1.82, 2.24) is 14.8 Å². The molecule has 1 rings (SSSR count). The van der Waals surface area contributed by atoms with E-state index in [1.807, 2.05) is 17.6 Å². The number of thioether (sulfide) groups is 1. The molecule has 0 atom stereocenters. The zero-order chi connectivity index (χ0) is 10.4. The Labute approximate surface area is 88.0 Å². The maximum atomic E-state index is 8.65. The number of aryl methyl sites for hydroxylation is 1. The van der Waals surface area contributed by atoms with Crippen LogP contribution in [0.4, 0.5) is 0 Å². The molecule has 5 heteroatoms. The number of hydrogen-bond donors (Lipinski definition) is 1. The molecule has 1 N–H and O–H groups in total. The maximum Gasteiger partial charge on any atom is 0.191 e. The van der Waals surface area contributed by atoms with E-state index in [1.54, 1.807) is 11.8 Å². The van der Waals surface area contributed by atoms with Gasteiger partial charge in [0.25, 0.3) is 0 Å². The number of nitrogens with zero attached hydrogens (tertiary/aromatic N) is 3. The van der Waals surface area contributed by atoms with E-state index in [0.717, 1.165) is 29.7 Å². The van der Waals surface area contributed by atoms with Gasteiger partial charge in [-0.15, -0.1) is 16.8 Å². The molecule has 0 spiro atoms. The Bertz CT molecular complexity index is 298. The molecule has 0 unspecified atom stereocenters. The molecule has 14 heavy (non-hydrogen) atoms. The van der Waals surface area contributed by atoms with Crippen molar-refractivity contribution in [3.63, 3.8) is 0 Å². The number of rotatable bonds is 6. The predicted octanol–water partition coefficient (Wildman–Crippen LogP) is 1.25. The van der Waals surface area contributed by atoms with Crippen molar-refractivity contribution in [2.45, 2.75) is 25.0 Å². The van der Waals surface area contributed by atoms with Gasteiger partial charge in [0.2, 0.25) is 0 Å². The van der Waals surface area contributed by atoms with Gasteiger partial charge < -0.3 is 9.67 Å². The summed E-state index contributed by atoms with van der Waals surface area (Å²) in [6, 6.07) is 0. The molecule has 0 fully saturated rings.